The quantitative estimate of drug-likeness (QED) is 0.733. The molecule has 0 spiro atoms. The molecule has 0 aromatic heterocycles. The fraction of sp³-hybridized carbons (Fsp3) is 0.444. The average Bonchev–Trinajstić information content (AvgIpc) is 2.93. The van der Waals surface area contributed by atoms with Crippen LogP contribution in [0.25, 0.3) is 0 Å². The number of benzene rings is 2. The number of rotatable bonds is 3. The number of carbonyl (C=O) groups is 3. The van der Waals surface area contributed by atoms with Crippen LogP contribution in [0.5, 0.6) is 0 Å². The number of nitrogens with one attached hydrogen (secondary N) is 1. The lowest BCUT2D eigenvalue weighted by Gasteiger charge is -2.37. The molecule has 1 N–H and O–H groups in total. The number of hydrogen-bond donors (Lipinski definition) is 1. The van der Waals surface area contributed by atoms with Gasteiger partial charge in [0.25, 0.3) is 5.91 Å². The van der Waals surface area contributed by atoms with Crippen molar-refractivity contribution in [1.82, 2.24) is 15.1 Å². The maximum Gasteiger partial charge on any atom is 0.253 e. The van der Waals surface area contributed by atoms with Crippen molar-refractivity contribution in [3.05, 3.63) is 66.0 Å². The lowest BCUT2D eigenvalue weighted by molar-refractivity contribution is -0.136. The molecule has 35 heavy (non-hydrogen) atoms. The Bertz CT molecular complexity index is 1020. The molecule has 2 aliphatic rings. The van der Waals surface area contributed by atoms with Gasteiger partial charge in [0, 0.05) is 63.7 Å². The van der Waals surface area contributed by atoms with Gasteiger partial charge in [0.15, 0.2) is 0 Å². The molecule has 2 fully saturated rings. The second-order valence-electron chi connectivity index (χ2n) is 9.15. The second-order valence-corrected chi connectivity index (χ2v) is 9.15. The molecule has 0 saturated carbocycles. The van der Waals surface area contributed by atoms with Gasteiger partial charge in [-0.2, -0.15) is 0 Å². The average molecular weight is 481 g/mol. The first-order chi connectivity index (χ1) is 17.0. The Morgan fingerprint density at radius 1 is 0.829 bits per heavy atom. The van der Waals surface area contributed by atoms with Crippen LogP contribution < -0.4 is 10.2 Å². The standard InChI is InChI=1S/C27H33FN4O3/c28-23-10-4-5-11-24(23)30-17-19-32(20-18-30)27(35)22-9-6-15-31(16-13-25(33)29-14-12-22)26(34)21-7-2-1-3-8-21/h1-5,7-8,10-11,22H,6,9,12-20H2,(H,29,33). The first-order valence-electron chi connectivity index (χ1n) is 12.4. The van der Waals surface area contributed by atoms with E-state index in [-0.39, 0.29) is 35.9 Å². The summed E-state index contributed by atoms with van der Waals surface area (Å²) in [6.45, 7) is 3.54. The molecular formula is C27H33FN4O3. The zero-order valence-corrected chi connectivity index (χ0v) is 20.0. The molecule has 2 aliphatic heterocycles. The zero-order chi connectivity index (χ0) is 24.6. The van der Waals surface area contributed by atoms with Crippen LogP contribution in [0.4, 0.5) is 10.1 Å². The Balaban J connectivity index is 1.37. The van der Waals surface area contributed by atoms with Crippen LogP contribution in [0.2, 0.25) is 0 Å². The highest BCUT2D eigenvalue weighted by Gasteiger charge is 2.29. The number of nitrogens with zero attached hydrogens (tertiary/aromatic N) is 3. The Hall–Kier alpha value is -3.42. The van der Waals surface area contributed by atoms with E-state index >= 15 is 0 Å². The van der Waals surface area contributed by atoms with Crippen molar-refractivity contribution in [2.24, 2.45) is 5.92 Å². The van der Waals surface area contributed by atoms with Gasteiger partial charge in [-0.25, -0.2) is 4.39 Å². The summed E-state index contributed by atoms with van der Waals surface area (Å²) >= 11 is 0. The number of carbonyl (C=O) groups excluding carboxylic acids is 3. The molecule has 8 heteroatoms. The number of hydrogen-bond acceptors (Lipinski definition) is 4. The first kappa shape index (κ1) is 24.7. The number of amides is 3. The topological polar surface area (TPSA) is 73.0 Å². The Morgan fingerprint density at radius 3 is 2.29 bits per heavy atom. The van der Waals surface area contributed by atoms with Gasteiger partial charge < -0.3 is 20.0 Å². The fourth-order valence-corrected chi connectivity index (χ4v) is 4.84. The van der Waals surface area contributed by atoms with E-state index in [2.05, 4.69) is 5.32 Å². The molecule has 0 aliphatic carbocycles. The number of halogens is 1. The third-order valence-corrected chi connectivity index (χ3v) is 6.85. The molecule has 1 atom stereocenters. The van der Waals surface area contributed by atoms with Crippen LogP contribution in [0.3, 0.4) is 0 Å². The monoisotopic (exact) mass is 480 g/mol. The highest BCUT2D eigenvalue weighted by molar-refractivity contribution is 5.94. The third kappa shape index (κ3) is 6.38. The molecule has 2 aromatic rings. The van der Waals surface area contributed by atoms with Gasteiger partial charge in [0.05, 0.1) is 5.69 Å². The number of anilines is 1. The van der Waals surface area contributed by atoms with Crippen LogP contribution in [0, 0.1) is 11.7 Å². The van der Waals surface area contributed by atoms with Gasteiger partial charge in [-0.3, -0.25) is 14.4 Å². The number of para-hydroxylation sites is 1. The van der Waals surface area contributed by atoms with E-state index in [0.717, 1.165) is 0 Å². The Labute approximate surface area is 205 Å². The molecule has 0 radical (unpaired) electrons. The molecule has 4 rings (SSSR count). The highest BCUT2D eigenvalue weighted by Crippen LogP contribution is 2.22. The van der Waals surface area contributed by atoms with Gasteiger partial charge in [0.2, 0.25) is 11.8 Å². The smallest absolute Gasteiger partial charge is 0.253 e. The molecule has 1 unspecified atom stereocenters. The van der Waals surface area contributed by atoms with E-state index < -0.39 is 0 Å². The van der Waals surface area contributed by atoms with Gasteiger partial charge in [-0.05, 0) is 43.5 Å². The predicted molar refractivity (Wildman–Crippen MR) is 133 cm³/mol. The van der Waals surface area contributed by atoms with E-state index in [1.54, 1.807) is 29.2 Å². The SMILES string of the molecule is O=C1CCN(C(=O)c2ccccc2)CCCC(C(=O)N2CCN(c3ccccc3F)CC2)CCN1. The van der Waals surface area contributed by atoms with Crippen LogP contribution in [0.1, 0.15) is 36.0 Å². The fourth-order valence-electron chi connectivity index (χ4n) is 4.84. The van der Waals surface area contributed by atoms with Crippen molar-refractivity contribution < 1.29 is 18.8 Å². The van der Waals surface area contributed by atoms with Crippen LogP contribution in [-0.4, -0.2) is 73.3 Å². The summed E-state index contributed by atoms with van der Waals surface area (Å²) in [5.41, 5.74) is 1.17. The molecule has 3 amide bonds. The molecule has 2 aromatic carbocycles. The van der Waals surface area contributed by atoms with E-state index in [1.807, 2.05) is 34.1 Å². The van der Waals surface area contributed by atoms with Crippen molar-refractivity contribution in [3.63, 3.8) is 0 Å². The maximum atomic E-state index is 14.2. The van der Waals surface area contributed by atoms with Crippen LogP contribution >= 0.6 is 0 Å². The zero-order valence-electron chi connectivity index (χ0n) is 20.0. The van der Waals surface area contributed by atoms with E-state index in [9.17, 15) is 18.8 Å². The summed E-state index contributed by atoms with van der Waals surface area (Å²) in [5, 5.41) is 2.90. The van der Waals surface area contributed by atoms with Crippen molar-refractivity contribution in [2.45, 2.75) is 25.7 Å². The normalized spacial score (nSPS) is 20.1. The van der Waals surface area contributed by atoms with E-state index in [0.29, 0.717) is 76.3 Å². The van der Waals surface area contributed by atoms with Crippen molar-refractivity contribution in [1.29, 1.82) is 0 Å². The molecule has 0 bridgehead atoms. The van der Waals surface area contributed by atoms with Gasteiger partial charge in [-0.15, -0.1) is 0 Å². The largest absolute Gasteiger partial charge is 0.366 e. The summed E-state index contributed by atoms with van der Waals surface area (Å²) in [5.74, 6) is -0.594. The van der Waals surface area contributed by atoms with E-state index in [1.165, 1.54) is 6.07 Å². The summed E-state index contributed by atoms with van der Waals surface area (Å²) in [4.78, 5) is 44.2. The predicted octanol–water partition coefficient (Wildman–Crippen LogP) is 2.92. The highest BCUT2D eigenvalue weighted by atomic mass is 19.1. The maximum absolute atomic E-state index is 14.2. The van der Waals surface area contributed by atoms with Crippen LogP contribution in [-0.2, 0) is 9.59 Å². The third-order valence-electron chi connectivity index (χ3n) is 6.85. The molecule has 2 heterocycles. The summed E-state index contributed by atoms with van der Waals surface area (Å²) in [7, 11) is 0. The Kier molecular flexibility index (Phi) is 8.34. The number of piperazine rings is 1. The minimum Gasteiger partial charge on any atom is -0.366 e. The minimum atomic E-state index is -0.249. The Morgan fingerprint density at radius 2 is 1.54 bits per heavy atom. The van der Waals surface area contributed by atoms with Gasteiger partial charge >= 0.3 is 0 Å². The van der Waals surface area contributed by atoms with Crippen molar-refractivity contribution in [2.75, 3.05) is 50.7 Å². The van der Waals surface area contributed by atoms with Crippen molar-refractivity contribution >= 4 is 23.4 Å². The van der Waals surface area contributed by atoms with Gasteiger partial charge in [-0.1, -0.05) is 30.3 Å². The molecule has 186 valence electrons. The molecular weight excluding hydrogens is 447 g/mol. The summed E-state index contributed by atoms with van der Waals surface area (Å²) in [6, 6.07) is 15.8. The lowest BCUT2D eigenvalue weighted by atomic mass is 9.96. The van der Waals surface area contributed by atoms with Gasteiger partial charge in [0.1, 0.15) is 5.82 Å². The van der Waals surface area contributed by atoms with Crippen LogP contribution in [0.15, 0.2) is 54.6 Å². The molecule has 7 nitrogen and oxygen atoms in total. The summed E-state index contributed by atoms with van der Waals surface area (Å²) in [6.07, 6.45) is 2.17. The van der Waals surface area contributed by atoms with E-state index in [4.69, 9.17) is 0 Å². The molecule has 2 saturated heterocycles. The minimum absolute atomic E-state index is 0.0765. The second kappa shape index (κ2) is 11.8. The summed E-state index contributed by atoms with van der Waals surface area (Å²) < 4.78 is 14.2. The van der Waals surface area contributed by atoms with Crippen molar-refractivity contribution in [3.8, 4) is 0 Å². The first-order valence-corrected chi connectivity index (χ1v) is 12.4. The lowest BCUT2D eigenvalue weighted by Crippen LogP contribution is -2.51.